The minimum Gasteiger partial charge on any atom is -0.496 e. The molecule has 0 saturated heterocycles. The van der Waals surface area contributed by atoms with Crippen molar-refractivity contribution in [2.75, 3.05) is 13.7 Å². The van der Waals surface area contributed by atoms with Crippen LogP contribution >= 0.6 is 0 Å². The number of methoxy groups -OCH3 is 1. The number of aryl methyl sites for hydroxylation is 2. The molecule has 0 unspecified atom stereocenters. The number of rotatable bonds is 5. The van der Waals surface area contributed by atoms with Gasteiger partial charge in [0.1, 0.15) is 11.5 Å². The van der Waals surface area contributed by atoms with Crippen LogP contribution in [0.1, 0.15) is 21.5 Å². The number of hydrogen-bond acceptors (Lipinski definition) is 3. The molecule has 2 aromatic rings. The first-order valence-corrected chi connectivity index (χ1v) is 6.48. The Morgan fingerprint density at radius 2 is 1.80 bits per heavy atom. The highest BCUT2D eigenvalue weighted by atomic mass is 16.5. The van der Waals surface area contributed by atoms with Gasteiger partial charge in [-0.3, -0.25) is 4.79 Å². The highest BCUT2D eigenvalue weighted by Crippen LogP contribution is 2.21. The van der Waals surface area contributed by atoms with Gasteiger partial charge in [-0.25, -0.2) is 0 Å². The van der Waals surface area contributed by atoms with Gasteiger partial charge in [0.05, 0.1) is 12.7 Å². The maximum Gasteiger partial charge on any atom is 0.203 e. The molecule has 2 aromatic carbocycles. The molecule has 0 heterocycles. The quantitative estimate of drug-likeness (QED) is 0.779. The molecular formula is C17H18O3. The van der Waals surface area contributed by atoms with E-state index in [1.54, 1.807) is 19.2 Å². The molecule has 0 aliphatic rings. The SMILES string of the molecule is COc1ccccc1C(=O)COc1cc(C)ccc1C. The highest BCUT2D eigenvalue weighted by molar-refractivity contribution is 5.99. The molecule has 0 N–H and O–H groups in total. The first kappa shape index (κ1) is 14.1. The van der Waals surface area contributed by atoms with Gasteiger partial charge in [0.25, 0.3) is 0 Å². The van der Waals surface area contributed by atoms with Gasteiger partial charge in [-0.15, -0.1) is 0 Å². The van der Waals surface area contributed by atoms with Crippen LogP contribution in [0, 0.1) is 13.8 Å². The van der Waals surface area contributed by atoms with Crippen LogP contribution in [0.15, 0.2) is 42.5 Å². The van der Waals surface area contributed by atoms with Crippen molar-refractivity contribution >= 4 is 5.78 Å². The summed E-state index contributed by atoms with van der Waals surface area (Å²) in [6, 6.07) is 13.1. The van der Waals surface area contributed by atoms with E-state index in [-0.39, 0.29) is 12.4 Å². The molecule has 0 bridgehead atoms. The van der Waals surface area contributed by atoms with Crippen molar-refractivity contribution in [3.05, 3.63) is 59.2 Å². The molecule has 0 fully saturated rings. The number of carbonyl (C=O) groups excluding carboxylic acids is 1. The Balaban J connectivity index is 2.11. The maximum absolute atomic E-state index is 12.2. The molecule has 2 rings (SSSR count). The predicted octanol–water partition coefficient (Wildman–Crippen LogP) is 3.57. The number of Topliss-reactive ketones (excluding diaryl/α,β-unsaturated/α-hetero) is 1. The molecular weight excluding hydrogens is 252 g/mol. The van der Waals surface area contributed by atoms with E-state index in [0.717, 1.165) is 16.9 Å². The third kappa shape index (κ3) is 3.18. The zero-order valence-electron chi connectivity index (χ0n) is 12.0. The van der Waals surface area contributed by atoms with Crippen molar-refractivity contribution < 1.29 is 14.3 Å². The average molecular weight is 270 g/mol. The van der Waals surface area contributed by atoms with E-state index in [1.807, 2.05) is 44.2 Å². The topological polar surface area (TPSA) is 35.5 Å². The fraction of sp³-hybridized carbons (Fsp3) is 0.235. The van der Waals surface area contributed by atoms with E-state index in [9.17, 15) is 4.79 Å². The smallest absolute Gasteiger partial charge is 0.203 e. The molecule has 0 aromatic heterocycles. The number of para-hydroxylation sites is 1. The van der Waals surface area contributed by atoms with Crippen molar-refractivity contribution in [3.8, 4) is 11.5 Å². The summed E-state index contributed by atoms with van der Waals surface area (Å²) in [5, 5.41) is 0. The number of hydrogen-bond donors (Lipinski definition) is 0. The lowest BCUT2D eigenvalue weighted by molar-refractivity contribution is 0.0918. The largest absolute Gasteiger partial charge is 0.496 e. The predicted molar refractivity (Wildman–Crippen MR) is 78.7 cm³/mol. The second kappa shape index (κ2) is 6.24. The molecule has 0 saturated carbocycles. The van der Waals surface area contributed by atoms with Crippen LogP contribution in [0.4, 0.5) is 0 Å². The van der Waals surface area contributed by atoms with Gasteiger partial charge in [-0.2, -0.15) is 0 Å². The molecule has 104 valence electrons. The van der Waals surface area contributed by atoms with E-state index in [1.165, 1.54) is 0 Å². The van der Waals surface area contributed by atoms with E-state index in [2.05, 4.69) is 0 Å². The van der Waals surface area contributed by atoms with Crippen molar-refractivity contribution in [2.45, 2.75) is 13.8 Å². The van der Waals surface area contributed by atoms with Gasteiger partial charge < -0.3 is 9.47 Å². The summed E-state index contributed by atoms with van der Waals surface area (Å²) < 4.78 is 10.8. The third-order valence-corrected chi connectivity index (χ3v) is 3.11. The zero-order chi connectivity index (χ0) is 14.5. The van der Waals surface area contributed by atoms with Gasteiger partial charge in [0, 0.05) is 0 Å². The summed E-state index contributed by atoms with van der Waals surface area (Å²) in [6.45, 7) is 3.96. The van der Waals surface area contributed by atoms with Gasteiger partial charge in [0.2, 0.25) is 5.78 Å². The first-order valence-electron chi connectivity index (χ1n) is 6.48. The van der Waals surface area contributed by atoms with Crippen LogP contribution in [-0.2, 0) is 0 Å². The third-order valence-electron chi connectivity index (χ3n) is 3.11. The second-order valence-corrected chi connectivity index (χ2v) is 4.68. The van der Waals surface area contributed by atoms with Crippen LogP contribution in [0.25, 0.3) is 0 Å². The lowest BCUT2D eigenvalue weighted by Gasteiger charge is -2.11. The normalized spacial score (nSPS) is 10.2. The first-order chi connectivity index (χ1) is 9.61. The van der Waals surface area contributed by atoms with Crippen molar-refractivity contribution in [1.82, 2.24) is 0 Å². The fourth-order valence-corrected chi connectivity index (χ4v) is 1.96. The summed E-state index contributed by atoms with van der Waals surface area (Å²) in [5.41, 5.74) is 2.67. The van der Waals surface area contributed by atoms with Gasteiger partial charge in [-0.05, 0) is 43.2 Å². The molecule has 3 nitrogen and oxygen atoms in total. The van der Waals surface area contributed by atoms with Crippen LogP contribution in [0.5, 0.6) is 11.5 Å². The Morgan fingerprint density at radius 3 is 2.55 bits per heavy atom. The van der Waals surface area contributed by atoms with Crippen LogP contribution in [0.3, 0.4) is 0 Å². The minimum absolute atomic E-state index is 0.00463. The number of ether oxygens (including phenoxy) is 2. The van der Waals surface area contributed by atoms with Crippen LogP contribution in [-0.4, -0.2) is 19.5 Å². The molecule has 0 atom stereocenters. The number of benzene rings is 2. The maximum atomic E-state index is 12.2. The molecule has 20 heavy (non-hydrogen) atoms. The summed E-state index contributed by atoms with van der Waals surface area (Å²) >= 11 is 0. The Labute approximate surface area is 119 Å². The van der Waals surface area contributed by atoms with E-state index in [4.69, 9.17) is 9.47 Å². The van der Waals surface area contributed by atoms with E-state index < -0.39 is 0 Å². The monoisotopic (exact) mass is 270 g/mol. The van der Waals surface area contributed by atoms with Gasteiger partial charge in [0.15, 0.2) is 6.61 Å². The number of carbonyl (C=O) groups is 1. The Bertz CT molecular complexity index is 617. The summed E-state index contributed by atoms with van der Waals surface area (Å²) in [7, 11) is 1.55. The molecule has 0 spiro atoms. The minimum atomic E-state index is -0.0941. The Morgan fingerprint density at radius 1 is 1.05 bits per heavy atom. The van der Waals surface area contributed by atoms with Crippen LogP contribution < -0.4 is 9.47 Å². The summed E-state index contributed by atoms with van der Waals surface area (Å²) in [4.78, 5) is 12.2. The van der Waals surface area contributed by atoms with E-state index in [0.29, 0.717) is 11.3 Å². The molecule has 0 aliphatic carbocycles. The lowest BCUT2D eigenvalue weighted by atomic mass is 10.1. The second-order valence-electron chi connectivity index (χ2n) is 4.68. The average Bonchev–Trinajstić information content (AvgIpc) is 2.47. The van der Waals surface area contributed by atoms with Crippen molar-refractivity contribution in [1.29, 1.82) is 0 Å². The Kier molecular flexibility index (Phi) is 4.41. The van der Waals surface area contributed by atoms with E-state index >= 15 is 0 Å². The van der Waals surface area contributed by atoms with Crippen molar-refractivity contribution in [3.63, 3.8) is 0 Å². The zero-order valence-corrected chi connectivity index (χ0v) is 12.0. The Hall–Kier alpha value is -2.29. The number of ketones is 1. The standard InChI is InChI=1S/C17H18O3/c1-12-8-9-13(2)17(10-12)20-11-15(18)14-6-4-5-7-16(14)19-3/h4-10H,11H2,1-3H3. The van der Waals surface area contributed by atoms with Gasteiger partial charge in [-0.1, -0.05) is 24.3 Å². The summed E-state index contributed by atoms with van der Waals surface area (Å²) in [5.74, 6) is 1.22. The molecule has 0 radical (unpaired) electrons. The van der Waals surface area contributed by atoms with Crippen LogP contribution in [0.2, 0.25) is 0 Å². The van der Waals surface area contributed by atoms with Crippen molar-refractivity contribution in [2.24, 2.45) is 0 Å². The molecule has 0 aliphatic heterocycles. The lowest BCUT2D eigenvalue weighted by Crippen LogP contribution is -2.13. The molecule has 3 heteroatoms. The molecule has 0 amide bonds. The highest BCUT2D eigenvalue weighted by Gasteiger charge is 2.12. The van der Waals surface area contributed by atoms with Gasteiger partial charge >= 0.3 is 0 Å². The fourth-order valence-electron chi connectivity index (χ4n) is 1.96. The summed E-state index contributed by atoms with van der Waals surface area (Å²) in [6.07, 6.45) is 0.